The molecule has 0 radical (unpaired) electrons. The predicted octanol–water partition coefficient (Wildman–Crippen LogP) is 2.15. The number of halogens is 1. The van der Waals surface area contributed by atoms with Crippen LogP contribution in [0.3, 0.4) is 0 Å². The number of methoxy groups -OCH3 is 1. The van der Waals surface area contributed by atoms with Crippen LogP contribution in [0.15, 0.2) is 18.2 Å². The molecule has 0 aliphatic carbocycles. The smallest absolute Gasteiger partial charge is 0.123 e. The highest BCUT2D eigenvalue weighted by atomic mass is 19.1. The maximum absolute atomic E-state index is 13.3. The monoisotopic (exact) mass is 252 g/mol. The van der Waals surface area contributed by atoms with E-state index in [1.54, 1.807) is 19.2 Å². The van der Waals surface area contributed by atoms with Crippen molar-refractivity contribution in [3.05, 3.63) is 29.6 Å². The van der Waals surface area contributed by atoms with Gasteiger partial charge in [0.2, 0.25) is 0 Å². The van der Waals surface area contributed by atoms with Gasteiger partial charge in [0.05, 0.1) is 7.11 Å². The van der Waals surface area contributed by atoms with Crippen molar-refractivity contribution in [2.45, 2.75) is 38.4 Å². The number of likely N-dealkylation sites (tertiary alicyclic amines) is 1. The van der Waals surface area contributed by atoms with E-state index in [0.29, 0.717) is 6.54 Å². The van der Waals surface area contributed by atoms with Crippen LogP contribution in [0.2, 0.25) is 0 Å². The average Bonchev–Trinajstić information content (AvgIpc) is 2.56. The first kappa shape index (κ1) is 13.3. The predicted molar refractivity (Wildman–Crippen MR) is 70.0 cm³/mol. The van der Waals surface area contributed by atoms with Gasteiger partial charge in [0.1, 0.15) is 11.6 Å². The molecule has 18 heavy (non-hydrogen) atoms. The van der Waals surface area contributed by atoms with Crippen LogP contribution in [0.4, 0.5) is 4.39 Å². The third-order valence-corrected chi connectivity index (χ3v) is 4.04. The molecular formula is C14H21FN2O. The number of hydrogen-bond acceptors (Lipinski definition) is 3. The molecule has 1 aliphatic heterocycles. The summed E-state index contributed by atoms with van der Waals surface area (Å²) >= 11 is 0. The summed E-state index contributed by atoms with van der Waals surface area (Å²) in [5, 5.41) is 0. The maximum Gasteiger partial charge on any atom is 0.123 e. The van der Waals surface area contributed by atoms with E-state index in [1.165, 1.54) is 6.07 Å². The standard InChI is InChI=1S/C14H21FN2O/c1-14(2)13(16)6-7-17(14)9-10-8-11(15)4-5-12(10)18-3/h4-5,8,13H,6-7,9,16H2,1-3H3. The largest absolute Gasteiger partial charge is 0.496 e. The molecule has 1 fully saturated rings. The molecule has 1 aliphatic rings. The molecular weight excluding hydrogens is 231 g/mol. The van der Waals surface area contributed by atoms with E-state index < -0.39 is 0 Å². The summed E-state index contributed by atoms with van der Waals surface area (Å²) in [5.41, 5.74) is 6.93. The molecule has 3 nitrogen and oxygen atoms in total. The van der Waals surface area contributed by atoms with Crippen LogP contribution in [0.1, 0.15) is 25.8 Å². The van der Waals surface area contributed by atoms with E-state index in [-0.39, 0.29) is 17.4 Å². The summed E-state index contributed by atoms with van der Waals surface area (Å²) in [6.07, 6.45) is 0.977. The van der Waals surface area contributed by atoms with E-state index >= 15 is 0 Å². The lowest BCUT2D eigenvalue weighted by molar-refractivity contribution is 0.153. The fourth-order valence-electron chi connectivity index (χ4n) is 2.53. The Labute approximate surface area is 108 Å². The van der Waals surface area contributed by atoms with E-state index in [0.717, 1.165) is 24.3 Å². The van der Waals surface area contributed by atoms with Gasteiger partial charge < -0.3 is 10.5 Å². The quantitative estimate of drug-likeness (QED) is 0.895. The van der Waals surface area contributed by atoms with Gasteiger partial charge in [-0.3, -0.25) is 4.90 Å². The van der Waals surface area contributed by atoms with Crippen LogP contribution < -0.4 is 10.5 Å². The number of nitrogens with zero attached hydrogens (tertiary/aromatic N) is 1. The Bertz CT molecular complexity index is 434. The van der Waals surface area contributed by atoms with Gasteiger partial charge in [-0.05, 0) is 38.5 Å². The van der Waals surface area contributed by atoms with Crippen molar-refractivity contribution in [3.63, 3.8) is 0 Å². The molecule has 1 aromatic carbocycles. The lowest BCUT2D eigenvalue weighted by Gasteiger charge is -2.34. The van der Waals surface area contributed by atoms with Crippen molar-refractivity contribution in [1.29, 1.82) is 0 Å². The minimum atomic E-state index is -0.230. The number of benzene rings is 1. The van der Waals surface area contributed by atoms with E-state index in [1.807, 2.05) is 0 Å². The molecule has 1 saturated heterocycles. The van der Waals surface area contributed by atoms with Crippen LogP contribution in [0.5, 0.6) is 5.75 Å². The van der Waals surface area contributed by atoms with E-state index in [9.17, 15) is 4.39 Å². The second-order valence-corrected chi connectivity index (χ2v) is 5.43. The zero-order valence-electron chi connectivity index (χ0n) is 11.2. The van der Waals surface area contributed by atoms with E-state index in [2.05, 4.69) is 18.7 Å². The number of ether oxygens (including phenoxy) is 1. The van der Waals surface area contributed by atoms with Crippen LogP contribution in [-0.4, -0.2) is 30.1 Å². The molecule has 2 N–H and O–H groups in total. The Morgan fingerprint density at radius 2 is 2.22 bits per heavy atom. The summed E-state index contributed by atoms with van der Waals surface area (Å²) in [7, 11) is 1.61. The summed E-state index contributed by atoms with van der Waals surface area (Å²) < 4.78 is 18.6. The molecule has 1 unspecified atom stereocenters. The van der Waals surface area contributed by atoms with Crippen molar-refractivity contribution in [2.24, 2.45) is 5.73 Å². The van der Waals surface area contributed by atoms with Gasteiger partial charge in [0.15, 0.2) is 0 Å². The van der Waals surface area contributed by atoms with Gasteiger partial charge in [0.25, 0.3) is 0 Å². The van der Waals surface area contributed by atoms with Crippen LogP contribution in [0.25, 0.3) is 0 Å². The summed E-state index contributed by atoms with van der Waals surface area (Å²) in [6, 6.07) is 4.80. The van der Waals surface area contributed by atoms with Crippen LogP contribution in [-0.2, 0) is 6.54 Å². The number of hydrogen-bond donors (Lipinski definition) is 1. The molecule has 2 rings (SSSR count). The van der Waals surface area contributed by atoms with Crippen molar-refractivity contribution < 1.29 is 9.13 Å². The molecule has 0 spiro atoms. The van der Waals surface area contributed by atoms with Gasteiger partial charge in [-0.2, -0.15) is 0 Å². The second kappa shape index (κ2) is 4.86. The SMILES string of the molecule is COc1ccc(F)cc1CN1CCC(N)C1(C)C. The van der Waals surface area contributed by atoms with Crippen LogP contribution in [0, 0.1) is 5.82 Å². The van der Waals surface area contributed by atoms with Crippen LogP contribution >= 0.6 is 0 Å². The van der Waals surface area contributed by atoms with Crippen molar-refractivity contribution in [3.8, 4) is 5.75 Å². The average molecular weight is 252 g/mol. The van der Waals surface area contributed by atoms with Gasteiger partial charge in [0, 0.05) is 30.2 Å². The molecule has 1 atom stereocenters. The molecule has 1 heterocycles. The summed E-state index contributed by atoms with van der Waals surface area (Å²) in [6.45, 7) is 5.88. The minimum absolute atomic E-state index is 0.0582. The first-order chi connectivity index (χ1) is 8.45. The topological polar surface area (TPSA) is 38.5 Å². The molecule has 100 valence electrons. The normalized spacial score (nSPS) is 23.3. The zero-order chi connectivity index (χ0) is 13.3. The first-order valence-electron chi connectivity index (χ1n) is 6.28. The molecule has 0 saturated carbocycles. The zero-order valence-corrected chi connectivity index (χ0v) is 11.2. The highest BCUT2D eigenvalue weighted by Crippen LogP contribution is 2.31. The van der Waals surface area contributed by atoms with Crippen molar-refractivity contribution >= 4 is 0 Å². The second-order valence-electron chi connectivity index (χ2n) is 5.43. The number of nitrogens with two attached hydrogens (primary N) is 1. The van der Waals surface area contributed by atoms with E-state index in [4.69, 9.17) is 10.5 Å². The first-order valence-corrected chi connectivity index (χ1v) is 6.28. The third-order valence-electron chi connectivity index (χ3n) is 4.04. The van der Waals surface area contributed by atoms with Crippen molar-refractivity contribution in [2.75, 3.05) is 13.7 Å². The molecule has 4 heteroatoms. The maximum atomic E-state index is 13.3. The minimum Gasteiger partial charge on any atom is -0.496 e. The molecule has 1 aromatic rings. The highest BCUT2D eigenvalue weighted by molar-refractivity contribution is 5.34. The fourth-order valence-corrected chi connectivity index (χ4v) is 2.53. The fraction of sp³-hybridized carbons (Fsp3) is 0.571. The Balaban J connectivity index is 2.22. The van der Waals surface area contributed by atoms with Gasteiger partial charge >= 0.3 is 0 Å². The highest BCUT2D eigenvalue weighted by Gasteiger charge is 2.39. The Morgan fingerprint density at radius 3 is 2.78 bits per heavy atom. The lowest BCUT2D eigenvalue weighted by atomic mass is 9.96. The Kier molecular flexibility index (Phi) is 3.59. The Hall–Kier alpha value is -1.13. The van der Waals surface area contributed by atoms with Gasteiger partial charge in [-0.15, -0.1) is 0 Å². The lowest BCUT2D eigenvalue weighted by Crippen LogP contribution is -2.48. The Morgan fingerprint density at radius 1 is 1.50 bits per heavy atom. The molecule has 0 bridgehead atoms. The summed E-state index contributed by atoms with van der Waals surface area (Å²) in [5.74, 6) is 0.500. The molecule has 0 amide bonds. The third kappa shape index (κ3) is 2.35. The number of rotatable bonds is 3. The van der Waals surface area contributed by atoms with Gasteiger partial charge in [-0.25, -0.2) is 4.39 Å². The van der Waals surface area contributed by atoms with Gasteiger partial charge in [-0.1, -0.05) is 0 Å². The molecule has 0 aromatic heterocycles. The van der Waals surface area contributed by atoms with Crippen molar-refractivity contribution in [1.82, 2.24) is 4.90 Å². The summed E-state index contributed by atoms with van der Waals surface area (Å²) in [4.78, 5) is 2.29.